The van der Waals surface area contributed by atoms with E-state index in [0.29, 0.717) is 11.0 Å². The minimum atomic E-state index is 0.251. The fourth-order valence-electron chi connectivity index (χ4n) is 1.45. The standard InChI is InChI=1S/C12H10BrNO/c13-8-11-12(15)10(6-7-14-11)9-4-2-1-3-5-9/h1-7,15H,8H2. The molecule has 0 aliphatic rings. The highest BCUT2D eigenvalue weighted by molar-refractivity contribution is 9.08. The van der Waals surface area contributed by atoms with Crippen LogP contribution >= 0.6 is 15.9 Å². The van der Waals surface area contributed by atoms with Gasteiger partial charge in [-0.15, -0.1) is 0 Å². The average Bonchev–Trinajstić information content (AvgIpc) is 2.30. The van der Waals surface area contributed by atoms with E-state index in [1.807, 2.05) is 36.4 Å². The largest absolute Gasteiger partial charge is 0.505 e. The molecular formula is C12H10BrNO. The Morgan fingerprint density at radius 3 is 2.53 bits per heavy atom. The molecule has 0 spiro atoms. The number of benzene rings is 1. The number of rotatable bonds is 2. The summed E-state index contributed by atoms with van der Waals surface area (Å²) in [5.41, 5.74) is 2.48. The van der Waals surface area contributed by atoms with E-state index in [1.165, 1.54) is 0 Å². The van der Waals surface area contributed by atoms with Crippen LogP contribution in [0.25, 0.3) is 11.1 Å². The molecule has 0 radical (unpaired) electrons. The summed E-state index contributed by atoms with van der Waals surface area (Å²) >= 11 is 3.29. The van der Waals surface area contributed by atoms with Crippen LogP contribution in [0.1, 0.15) is 5.69 Å². The second kappa shape index (κ2) is 4.45. The van der Waals surface area contributed by atoms with Crippen LogP contribution in [-0.4, -0.2) is 10.1 Å². The summed E-state index contributed by atoms with van der Waals surface area (Å²) in [6, 6.07) is 11.6. The van der Waals surface area contributed by atoms with E-state index in [2.05, 4.69) is 20.9 Å². The van der Waals surface area contributed by atoms with Crippen molar-refractivity contribution in [3.63, 3.8) is 0 Å². The molecule has 0 fully saturated rings. The summed E-state index contributed by atoms with van der Waals surface area (Å²) in [5, 5.41) is 10.5. The third kappa shape index (κ3) is 2.02. The van der Waals surface area contributed by atoms with Gasteiger partial charge in [-0.2, -0.15) is 0 Å². The quantitative estimate of drug-likeness (QED) is 0.844. The van der Waals surface area contributed by atoms with Gasteiger partial charge in [-0.05, 0) is 11.6 Å². The number of halogens is 1. The van der Waals surface area contributed by atoms with Crippen molar-refractivity contribution >= 4 is 15.9 Å². The SMILES string of the molecule is Oc1c(-c2ccccc2)ccnc1CBr. The van der Waals surface area contributed by atoms with E-state index in [9.17, 15) is 5.11 Å². The number of pyridine rings is 1. The van der Waals surface area contributed by atoms with Crippen molar-refractivity contribution in [1.29, 1.82) is 0 Å². The lowest BCUT2D eigenvalue weighted by Crippen LogP contribution is -1.88. The first-order valence-electron chi connectivity index (χ1n) is 4.61. The topological polar surface area (TPSA) is 33.1 Å². The van der Waals surface area contributed by atoms with E-state index >= 15 is 0 Å². The first-order valence-corrected chi connectivity index (χ1v) is 5.73. The van der Waals surface area contributed by atoms with Gasteiger partial charge in [-0.3, -0.25) is 4.98 Å². The molecule has 0 amide bonds. The number of nitrogens with zero attached hydrogens (tertiary/aromatic N) is 1. The molecule has 1 aromatic carbocycles. The summed E-state index contributed by atoms with van der Waals surface area (Å²) in [5.74, 6) is 0.251. The molecule has 3 heteroatoms. The lowest BCUT2D eigenvalue weighted by molar-refractivity contribution is 0.469. The molecule has 0 aliphatic heterocycles. The fourth-order valence-corrected chi connectivity index (χ4v) is 1.86. The molecule has 2 rings (SSSR count). The van der Waals surface area contributed by atoms with Gasteiger partial charge in [0.15, 0.2) is 0 Å². The Labute approximate surface area is 96.7 Å². The maximum Gasteiger partial charge on any atom is 0.145 e. The fraction of sp³-hybridized carbons (Fsp3) is 0.0833. The number of aromatic hydroxyl groups is 1. The third-order valence-electron chi connectivity index (χ3n) is 2.21. The molecule has 0 aliphatic carbocycles. The zero-order valence-electron chi connectivity index (χ0n) is 8.02. The molecule has 0 bridgehead atoms. The smallest absolute Gasteiger partial charge is 0.145 e. The molecule has 76 valence electrons. The van der Waals surface area contributed by atoms with Crippen molar-refractivity contribution in [3.8, 4) is 16.9 Å². The van der Waals surface area contributed by atoms with Crippen LogP contribution in [0.2, 0.25) is 0 Å². The van der Waals surface area contributed by atoms with Gasteiger partial charge >= 0.3 is 0 Å². The second-order valence-corrected chi connectivity index (χ2v) is 3.71. The predicted octanol–water partition coefficient (Wildman–Crippen LogP) is 3.35. The van der Waals surface area contributed by atoms with Gasteiger partial charge in [0.1, 0.15) is 5.75 Å². The predicted molar refractivity (Wildman–Crippen MR) is 64.0 cm³/mol. The minimum Gasteiger partial charge on any atom is -0.505 e. The van der Waals surface area contributed by atoms with Gasteiger partial charge in [0.2, 0.25) is 0 Å². The van der Waals surface area contributed by atoms with E-state index in [0.717, 1.165) is 11.1 Å². The molecule has 0 saturated heterocycles. The maximum atomic E-state index is 9.95. The lowest BCUT2D eigenvalue weighted by Gasteiger charge is -2.06. The van der Waals surface area contributed by atoms with Crippen LogP contribution in [0.15, 0.2) is 42.6 Å². The molecule has 1 heterocycles. The number of alkyl halides is 1. The number of hydrogen-bond acceptors (Lipinski definition) is 2. The zero-order valence-corrected chi connectivity index (χ0v) is 9.61. The highest BCUT2D eigenvalue weighted by Gasteiger charge is 2.08. The molecule has 15 heavy (non-hydrogen) atoms. The normalized spacial score (nSPS) is 10.2. The first-order chi connectivity index (χ1) is 7.33. The maximum absolute atomic E-state index is 9.95. The Morgan fingerprint density at radius 2 is 1.87 bits per heavy atom. The molecule has 1 aromatic heterocycles. The molecular weight excluding hydrogens is 254 g/mol. The van der Waals surface area contributed by atoms with E-state index in [1.54, 1.807) is 6.20 Å². The van der Waals surface area contributed by atoms with Gasteiger partial charge in [0.05, 0.1) is 5.69 Å². The average molecular weight is 264 g/mol. The van der Waals surface area contributed by atoms with Crippen LogP contribution < -0.4 is 0 Å². The van der Waals surface area contributed by atoms with Crippen molar-refractivity contribution in [2.24, 2.45) is 0 Å². The summed E-state index contributed by atoms with van der Waals surface area (Å²) < 4.78 is 0. The minimum absolute atomic E-state index is 0.251. The van der Waals surface area contributed by atoms with Crippen molar-refractivity contribution in [2.75, 3.05) is 0 Å². The molecule has 2 nitrogen and oxygen atoms in total. The molecule has 0 atom stereocenters. The number of hydrogen-bond donors (Lipinski definition) is 1. The summed E-state index contributed by atoms with van der Waals surface area (Å²) in [6.45, 7) is 0. The van der Waals surface area contributed by atoms with Gasteiger partial charge in [0.25, 0.3) is 0 Å². The summed E-state index contributed by atoms with van der Waals surface area (Å²) in [4.78, 5) is 4.09. The van der Waals surface area contributed by atoms with Gasteiger partial charge < -0.3 is 5.11 Å². The van der Waals surface area contributed by atoms with E-state index in [4.69, 9.17) is 0 Å². The molecule has 2 aromatic rings. The van der Waals surface area contributed by atoms with Crippen LogP contribution in [-0.2, 0) is 5.33 Å². The lowest BCUT2D eigenvalue weighted by atomic mass is 10.1. The summed E-state index contributed by atoms with van der Waals surface area (Å²) in [6.07, 6.45) is 1.71. The first kappa shape index (κ1) is 10.2. The molecule has 0 saturated carbocycles. The summed E-state index contributed by atoms with van der Waals surface area (Å²) in [7, 11) is 0. The van der Waals surface area contributed by atoms with Crippen LogP contribution in [0.4, 0.5) is 0 Å². The highest BCUT2D eigenvalue weighted by atomic mass is 79.9. The Bertz CT molecular complexity index is 456. The highest BCUT2D eigenvalue weighted by Crippen LogP contribution is 2.31. The third-order valence-corrected chi connectivity index (χ3v) is 2.74. The van der Waals surface area contributed by atoms with Gasteiger partial charge in [0, 0.05) is 17.1 Å². The van der Waals surface area contributed by atoms with Crippen LogP contribution in [0.5, 0.6) is 5.75 Å². The number of aromatic nitrogens is 1. The molecule has 1 N–H and O–H groups in total. The Hall–Kier alpha value is -1.35. The Morgan fingerprint density at radius 1 is 1.13 bits per heavy atom. The monoisotopic (exact) mass is 263 g/mol. The van der Waals surface area contributed by atoms with Crippen molar-refractivity contribution in [2.45, 2.75) is 5.33 Å². The zero-order chi connectivity index (χ0) is 10.7. The van der Waals surface area contributed by atoms with Crippen molar-refractivity contribution < 1.29 is 5.11 Å². The molecule has 0 unspecified atom stereocenters. The van der Waals surface area contributed by atoms with Gasteiger partial charge in [-0.1, -0.05) is 46.3 Å². The van der Waals surface area contributed by atoms with Crippen LogP contribution in [0, 0.1) is 0 Å². The van der Waals surface area contributed by atoms with Gasteiger partial charge in [-0.25, -0.2) is 0 Å². The Balaban J connectivity index is 2.54. The van der Waals surface area contributed by atoms with Crippen LogP contribution in [0.3, 0.4) is 0 Å². The van der Waals surface area contributed by atoms with E-state index < -0.39 is 0 Å². The van der Waals surface area contributed by atoms with Crippen molar-refractivity contribution in [1.82, 2.24) is 4.98 Å². The Kier molecular flexibility index (Phi) is 3.02. The van der Waals surface area contributed by atoms with Crippen molar-refractivity contribution in [3.05, 3.63) is 48.3 Å². The second-order valence-electron chi connectivity index (χ2n) is 3.15. The van der Waals surface area contributed by atoms with E-state index in [-0.39, 0.29) is 5.75 Å².